The van der Waals surface area contributed by atoms with Gasteiger partial charge in [-0.15, -0.1) is 0 Å². The highest BCUT2D eigenvalue weighted by Crippen LogP contribution is 2.27. The highest BCUT2D eigenvalue weighted by Gasteiger charge is 2.17. The van der Waals surface area contributed by atoms with Gasteiger partial charge in [0.15, 0.2) is 5.76 Å². The van der Waals surface area contributed by atoms with Crippen LogP contribution in [0.2, 0.25) is 0 Å². The van der Waals surface area contributed by atoms with E-state index in [-0.39, 0.29) is 5.91 Å². The van der Waals surface area contributed by atoms with Gasteiger partial charge in [-0.1, -0.05) is 18.2 Å². The van der Waals surface area contributed by atoms with E-state index in [0.29, 0.717) is 18.8 Å². The number of para-hydroxylation sites is 1. The molecule has 3 N–H and O–H groups in total. The van der Waals surface area contributed by atoms with Crippen molar-refractivity contribution >= 4 is 16.9 Å². The Morgan fingerprint density at radius 2 is 2.18 bits per heavy atom. The lowest BCUT2D eigenvalue weighted by Crippen LogP contribution is -2.29. The smallest absolute Gasteiger partial charge is 0.287 e. The van der Waals surface area contributed by atoms with Crippen LogP contribution in [0.3, 0.4) is 0 Å². The minimum Gasteiger partial charge on any atom is -0.450 e. The number of furan rings is 1. The SMILES string of the molecule is Cc1c(C(=O)NCCN)oc2c(C)cccc12. The lowest BCUT2D eigenvalue weighted by Gasteiger charge is -2.00. The molecule has 1 amide bonds. The summed E-state index contributed by atoms with van der Waals surface area (Å²) in [6, 6.07) is 5.88. The summed E-state index contributed by atoms with van der Waals surface area (Å²) in [5.74, 6) is 0.173. The van der Waals surface area contributed by atoms with E-state index < -0.39 is 0 Å². The maximum Gasteiger partial charge on any atom is 0.287 e. The van der Waals surface area contributed by atoms with Crippen molar-refractivity contribution in [2.24, 2.45) is 5.73 Å². The first-order valence-electron chi connectivity index (χ1n) is 5.62. The third-order valence-electron chi connectivity index (χ3n) is 2.80. The Kier molecular flexibility index (Phi) is 3.15. The van der Waals surface area contributed by atoms with Crippen molar-refractivity contribution in [1.82, 2.24) is 5.32 Å². The molecule has 0 aliphatic rings. The van der Waals surface area contributed by atoms with E-state index in [1.165, 1.54) is 0 Å². The Morgan fingerprint density at radius 3 is 2.82 bits per heavy atom. The van der Waals surface area contributed by atoms with Crippen LogP contribution in [0.25, 0.3) is 11.0 Å². The Labute approximate surface area is 99.8 Å². The van der Waals surface area contributed by atoms with Gasteiger partial charge in [0.05, 0.1) is 0 Å². The van der Waals surface area contributed by atoms with Crippen molar-refractivity contribution in [2.45, 2.75) is 13.8 Å². The summed E-state index contributed by atoms with van der Waals surface area (Å²) in [5.41, 5.74) is 8.03. The van der Waals surface area contributed by atoms with Gasteiger partial charge < -0.3 is 15.5 Å². The molecular formula is C13H16N2O2. The standard InChI is InChI=1S/C13H16N2O2/c1-8-4-3-5-10-9(2)12(17-11(8)10)13(16)15-7-6-14/h3-5H,6-7,14H2,1-2H3,(H,15,16). The first-order chi connectivity index (χ1) is 8.15. The van der Waals surface area contributed by atoms with Gasteiger partial charge in [0.1, 0.15) is 5.58 Å². The second-order valence-corrected chi connectivity index (χ2v) is 4.05. The van der Waals surface area contributed by atoms with Gasteiger partial charge >= 0.3 is 0 Å². The van der Waals surface area contributed by atoms with Crippen molar-refractivity contribution in [1.29, 1.82) is 0 Å². The zero-order chi connectivity index (χ0) is 12.4. The van der Waals surface area contributed by atoms with Crippen LogP contribution >= 0.6 is 0 Å². The van der Waals surface area contributed by atoms with Crippen LogP contribution in [0.4, 0.5) is 0 Å². The second kappa shape index (κ2) is 4.59. The third kappa shape index (κ3) is 2.03. The van der Waals surface area contributed by atoms with Gasteiger partial charge in [0.25, 0.3) is 5.91 Å². The largest absolute Gasteiger partial charge is 0.450 e. The summed E-state index contributed by atoms with van der Waals surface area (Å²) in [6.07, 6.45) is 0. The van der Waals surface area contributed by atoms with Crippen molar-refractivity contribution < 1.29 is 9.21 Å². The maximum atomic E-state index is 11.8. The van der Waals surface area contributed by atoms with E-state index in [1.54, 1.807) is 0 Å². The molecule has 4 heteroatoms. The fourth-order valence-corrected chi connectivity index (χ4v) is 1.87. The van der Waals surface area contributed by atoms with Crippen molar-refractivity contribution in [3.63, 3.8) is 0 Å². The van der Waals surface area contributed by atoms with Gasteiger partial charge in [0.2, 0.25) is 0 Å². The number of carbonyl (C=O) groups excluding carboxylic acids is 1. The maximum absolute atomic E-state index is 11.8. The summed E-state index contributed by atoms with van der Waals surface area (Å²) >= 11 is 0. The number of amides is 1. The van der Waals surface area contributed by atoms with Crippen LogP contribution in [-0.4, -0.2) is 19.0 Å². The zero-order valence-electron chi connectivity index (χ0n) is 10.0. The molecule has 0 saturated carbocycles. The highest BCUT2D eigenvalue weighted by molar-refractivity contribution is 5.99. The van der Waals surface area contributed by atoms with Crippen LogP contribution in [0.15, 0.2) is 22.6 Å². The van der Waals surface area contributed by atoms with E-state index in [9.17, 15) is 4.79 Å². The molecule has 90 valence electrons. The topological polar surface area (TPSA) is 68.3 Å². The number of benzene rings is 1. The molecule has 0 radical (unpaired) electrons. The summed E-state index contributed by atoms with van der Waals surface area (Å²) in [6.45, 7) is 4.73. The molecule has 0 fully saturated rings. The molecule has 0 atom stereocenters. The molecule has 2 rings (SSSR count). The lowest BCUT2D eigenvalue weighted by atomic mass is 10.1. The Balaban J connectivity index is 2.45. The molecule has 17 heavy (non-hydrogen) atoms. The molecule has 1 aromatic heterocycles. The molecule has 0 aliphatic carbocycles. The van der Waals surface area contributed by atoms with Crippen molar-refractivity contribution in [3.05, 3.63) is 35.1 Å². The average Bonchev–Trinajstić information content (AvgIpc) is 2.66. The fourth-order valence-electron chi connectivity index (χ4n) is 1.87. The second-order valence-electron chi connectivity index (χ2n) is 4.05. The number of nitrogens with two attached hydrogens (primary N) is 1. The first-order valence-corrected chi connectivity index (χ1v) is 5.62. The number of hydrogen-bond donors (Lipinski definition) is 2. The monoisotopic (exact) mass is 232 g/mol. The first kappa shape index (κ1) is 11.7. The molecule has 1 heterocycles. The van der Waals surface area contributed by atoms with E-state index in [0.717, 1.165) is 22.1 Å². The fraction of sp³-hybridized carbons (Fsp3) is 0.308. The Hall–Kier alpha value is -1.81. The predicted octanol–water partition coefficient (Wildman–Crippen LogP) is 1.74. The average molecular weight is 232 g/mol. The molecule has 0 saturated heterocycles. The Bertz CT molecular complexity index is 558. The molecular weight excluding hydrogens is 216 g/mol. The van der Waals surface area contributed by atoms with Gasteiger partial charge in [-0.2, -0.15) is 0 Å². The molecule has 0 aliphatic heterocycles. The number of rotatable bonds is 3. The van der Waals surface area contributed by atoms with Crippen LogP contribution in [0, 0.1) is 13.8 Å². The quantitative estimate of drug-likeness (QED) is 0.847. The molecule has 0 spiro atoms. The lowest BCUT2D eigenvalue weighted by molar-refractivity contribution is 0.0928. The molecule has 0 bridgehead atoms. The van der Waals surface area contributed by atoms with Crippen LogP contribution < -0.4 is 11.1 Å². The zero-order valence-corrected chi connectivity index (χ0v) is 10.0. The van der Waals surface area contributed by atoms with Crippen LogP contribution in [0.5, 0.6) is 0 Å². The van der Waals surface area contributed by atoms with E-state index in [1.807, 2.05) is 32.0 Å². The van der Waals surface area contributed by atoms with E-state index in [4.69, 9.17) is 10.2 Å². The number of nitrogens with one attached hydrogen (secondary N) is 1. The normalized spacial score (nSPS) is 10.8. The van der Waals surface area contributed by atoms with Gasteiger partial charge in [-0.05, 0) is 19.4 Å². The van der Waals surface area contributed by atoms with Crippen molar-refractivity contribution in [2.75, 3.05) is 13.1 Å². The molecule has 0 unspecified atom stereocenters. The van der Waals surface area contributed by atoms with Gasteiger partial charge in [0, 0.05) is 24.0 Å². The predicted molar refractivity (Wildman–Crippen MR) is 67.1 cm³/mol. The number of fused-ring (bicyclic) bond motifs is 1. The summed E-state index contributed by atoms with van der Waals surface area (Å²) in [4.78, 5) is 11.8. The van der Waals surface area contributed by atoms with Gasteiger partial charge in [-0.25, -0.2) is 0 Å². The Morgan fingerprint density at radius 1 is 1.41 bits per heavy atom. The van der Waals surface area contributed by atoms with E-state index in [2.05, 4.69) is 5.32 Å². The summed E-state index contributed by atoms with van der Waals surface area (Å²) < 4.78 is 5.64. The highest BCUT2D eigenvalue weighted by atomic mass is 16.3. The minimum absolute atomic E-state index is 0.205. The third-order valence-corrected chi connectivity index (χ3v) is 2.80. The number of hydrogen-bond acceptors (Lipinski definition) is 3. The number of aryl methyl sites for hydroxylation is 2. The van der Waals surface area contributed by atoms with Crippen LogP contribution in [-0.2, 0) is 0 Å². The molecule has 1 aromatic carbocycles. The summed E-state index contributed by atoms with van der Waals surface area (Å²) in [5, 5.41) is 3.70. The van der Waals surface area contributed by atoms with Gasteiger partial charge in [-0.3, -0.25) is 4.79 Å². The van der Waals surface area contributed by atoms with Crippen molar-refractivity contribution in [3.8, 4) is 0 Å². The molecule has 4 nitrogen and oxygen atoms in total. The molecule has 2 aromatic rings. The minimum atomic E-state index is -0.205. The number of carbonyl (C=O) groups is 1. The van der Waals surface area contributed by atoms with E-state index >= 15 is 0 Å². The van der Waals surface area contributed by atoms with Crippen LogP contribution in [0.1, 0.15) is 21.7 Å². The summed E-state index contributed by atoms with van der Waals surface area (Å²) in [7, 11) is 0.